The van der Waals surface area contributed by atoms with Gasteiger partial charge in [-0.05, 0) is 11.5 Å². The number of hydrogen-bond acceptors (Lipinski definition) is 2. The predicted octanol–water partition coefficient (Wildman–Crippen LogP) is 2.45. The Balaban J connectivity index is 2.45. The van der Waals surface area contributed by atoms with Gasteiger partial charge in [0.2, 0.25) is 0 Å². The largest absolute Gasteiger partial charge is 0.151 e. The van der Waals surface area contributed by atoms with Crippen molar-refractivity contribution in [2.45, 2.75) is 13.8 Å². The van der Waals surface area contributed by atoms with Crippen LogP contribution in [0.15, 0.2) is 0 Å². The molecule has 0 aromatic carbocycles. The van der Waals surface area contributed by atoms with Crippen molar-refractivity contribution in [2.75, 3.05) is 16.6 Å². The Bertz CT molecular complexity index is 25.3. The van der Waals surface area contributed by atoms with Crippen LogP contribution in [0.25, 0.3) is 0 Å². The highest BCUT2D eigenvalue weighted by Gasteiger charge is 1.79. The number of thioether (sulfide) groups is 2. The molecule has 0 aliphatic carbocycles. The lowest BCUT2D eigenvalue weighted by Gasteiger charge is -1.91. The van der Waals surface area contributed by atoms with Crippen molar-refractivity contribution in [3.8, 4) is 0 Å². The molecule has 44 valence electrons. The molecular weight excluding hydrogens is 124 g/mol. The van der Waals surface area contributed by atoms with Gasteiger partial charge in [-0.25, -0.2) is 0 Å². The van der Waals surface area contributed by atoms with Crippen LogP contribution in [0.4, 0.5) is 0 Å². The van der Waals surface area contributed by atoms with Crippen LogP contribution >= 0.6 is 23.5 Å². The van der Waals surface area contributed by atoms with E-state index in [0.717, 1.165) is 0 Å². The maximum absolute atomic E-state index is 2.20. The topological polar surface area (TPSA) is 0 Å². The smallest absolute Gasteiger partial charge is 0.0391 e. The summed E-state index contributed by atoms with van der Waals surface area (Å²) >= 11 is 3.99. The van der Waals surface area contributed by atoms with Gasteiger partial charge in [-0.15, -0.1) is 0 Å². The van der Waals surface area contributed by atoms with Crippen molar-refractivity contribution in [1.29, 1.82) is 0 Å². The first-order valence-corrected chi connectivity index (χ1v) is 4.88. The van der Waals surface area contributed by atoms with Gasteiger partial charge in [-0.2, -0.15) is 23.5 Å². The standard InChI is InChI=1S/C5H12S2/c1-3-6-5-7-4-2/h3-5H2,1-2H3. The molecule has 0 rings (SSSR count). The Hall–Kier alpha value is 0.700. The third-order valence-corrected chi connectivity index (χ3v) is 2.72. The number of rotatable bonds is 4. The molecule has 0 N–H and O–H groups in total. The molecule has 0 bridgehead atoms. The van der Waals surface area contributed by atoms with Crippen LogP contribution in [0.3, 0.4) is 0 Å². The minimum absolute atomic E-state index is 1.26. The fourth-order valence-electron chi connectivity index (χ4n) is 0.226. The van der Waals surface area contributed by atoms with Gasteiger partial charge >= 0.3 is 0 Å². The second kappa shape index (κ2) is 6.70. The van der Waals surface area contributed by atoms with E-state index in [1.54, 1.807) is 0 Å². The molecule has 0 fully saturated rings. The molecule has 0 aromatic rings. The minimum Gasteiger partial charge on any atom is -0.151 e. The molecule has 7 heavy (non-hydrogen) atoms. The van der Waals surface area contributed by atoms with Gasteiger partial charge in [0.15, 0.2) is 0 Å². The molecule has 0 unspecified atom stereocenters. The van der Waals surface area contributed by atoms with E-state index in [2.05, 4.69) is 13.8 Å². The summed E-state index contributed by atoms with van der Waals surface area (Å²) in [5.41, 5.74) is 0. The van der Waals surface area contributed by atoms with E-state index in [4.69, 9.17) is 0 Å². The van der Waals surface area contributed by atoms with Gasteiger partial charge in [-0.3, -0.25) is 0 Å². The van der Waals surface area contributed by atoms with E-state index in [1.165, 1.54) is 16.6 Å². The fraction of sp³-hybridized carbons (Fsp3) is 1.00. The summed E-state index contributed by atoms with van der Waals surface area (Å²) < 4.78 is 0. The molecule has 0 aliphatic heterocycles. The molecule has 2 heteroatoms. The molecule has 0 amide bonds. The zero-order chi connectivity index (χ0) is 5.54. The highest BCUT2D eigenvalue weighted by atomic mass is 32.2. The summed E-state index contributed by atoms with van der Waals surface area (Å²) in [6.07, 6.45) is 0. The lowest BCUT2D eigenvalue weighted by atomic mass is 11.0. The SMILES string of the molecule is CCSCSCC. The molecule has 0 atom stereocenters. The van der Waals surface area contributed by atoms with Crippen LogP contribution < -0.4 is 0 Å². The van der Waals surface area contributed by atoms with E-state index in [9.17, 15) is 0 Å². The molecule has 0 aliphatic rings. The normalized spacial score (nSPS) is 9.43. The van der Waals surface area contributed by atoms with Crippen LogP contribution in [0, 0.1) is 0 Å². The number of hydrogen-bond donors (Lipinski definition) is 0. The van der Waals surface area contributed by atoms with Gasteiger partial charge in [0.05, 0.1) is 0 Å². The van der Waals surface area contributed by atoms with E-state index in [0.29, 0.717) is 0 Å². The first-order valence-electron chi connectivity index (χ1n) is 2.57. The van der Waals surface area contributed by atoms with Crippen molar-refractivity contribution in [3.05, 3.63) is 0 Å². The highest BCUT2D eigenvalue weighted by molar-refractivity contribution is 8.15. The van der Waals surface area contributed by atoms with E-state index >= 15 is 0 Å². The molecule has 0 saturated carbocycles. The average molecular weight is 136 g/mol. The zero-order valence-electron chi connectivity index (χ0n) is 4.94. The van der Waals surface area contributed by atoms with Crippen molar-refractivity contribution >= 4 is 23.5 Å². The molecule has 0 aromatic heterocycles. The molecule has 0 radical (unpaired) electrons. The van der Waals surface area contributed by atoms with Gasteiger partial charge in [0.1, 0.15) is 0 Å². The second-order valence-electron chi connectivity index (χ2n) is 1.10. The van der Waals surface area contributed by atoms with Gasteiger partial charge < -0.3 is 0 Å². The lowest BCUT2D eigenvalue weighted by molar-refractivity contribution is 1.52. The summed E-state index contributed by atoms with van der Waals surface area (Å²) in [4.78, 5) is 0. The van der Waals surface area contributed by atoms with Crippen LogP contribution in [0.1, 0.15) is 13.8 Å². The van der Waals surface area contributed by atoms with E-state index < -0.39 is 0 Å². The summed E-state index contributed by atoms with van der Waals surface area (Å²) in [5.74, 6) is 2.51. The maximum Gasteiger partial charge on any atom is 0.0391 e. The third kappa shape index (κ3) is 6.70. The molecule has 0 nitrogen and oxygen atoms in total. The van der Waals surface area contributed by atoms with Crippen LogP contribution in [0.2, 0.25) is 0 Å². The van der Waals surface area contributed by atoms with Crippen molar-refractivity contribution in [1.82, 2.24) is 0 Å². The predicted molar refractivity (Wildman–Crippen MR) is 41.1 cm³/mol. The second-order valence-corrected chi connectivity index (χ2v) is 4.02. The summed E-state index contributed by atoms with van der Waals surface area (Å²) in [5, 5.41) is 1.27. The van der Waals surface area contributed by atoms with Gasteiger partial charge in [0.25, 0.3) is 0 Å². The van der Waals surface area contributed by atoms with Crippen LogP contribution in [0.5, 0.6) is 0 Å². The van der Waals surface area contributed by atoms with Crippen LogP contribution in [-0.4, -0.2) is 16.6 Å². The zero-order valence-corrected chi connectivity index (χ0v) is 6.57. The first kappa shape index (κ1) is 7.70. The van der Waals surface area contributed by atoms with Gasteiger partial charge in [-0.1, -0.05) is 13.8 Å². The van der Waals surface area contributed by atoms with E-state index in [1.807, 2.05) is 23.5 Å². The third-order valence-electron chi connectivity index (χ3n) is 0.575. The first-order chi connectivity index (χ1) is 3.41. The maximum atomic E-state index is 2.20. The van der Waals surface area contributed by atoms with E-state index in [-0.39, 0.29) is 0 Å². The Morgan fingerprint density at radius 3 is 1.71 bits per heavy atom. The van der Waals surface area contributed by atoms with Crippen molar-refractivity contribution < 1.29 is 0 Å². The minimum atomic E-state index is 1.26. The van der Waals surface area contributed by atoms with Crippen molar-refractivity contribution in [2.24, 2.45) is 0 Å². The summed E-state index contributed by atoms with van der Waals surface area (Å²) in [6, 6.07) is 0. The van der Waals surface area contributed by atoms with Crippen LogP contribution in [-0.2, 0) is 0 Å². The molecule has 0 saturated heterocycles. The Morgan fingerprint density at radius 1 is 1.00 bits per heavy atom. The summed E-state index contributed by atoms with van der Waals surface area (Å²) in [7, 11) is 0. The highest BCUT2D eigenvalue weighted by Crippen LogP contribution is 2.09. The Morgan fingerprint density at radius 2 is 1.43 bits per heavy atom. The Labute approximate surface area is 54.4 Å². The lowest BCUT2D eigenvalue weighted by Crippen LogP contribution is -1.71. The average Bonchev–Trinajstić information content (AvgIpc) is 1.69. The quantitative estimate of drug-likeness (QED) is 0.430. The molecule has 0 heterocycles. The van der Waals surface area contributed by atoms with Gasteiger partial charge in [0, 0.05) is 5.08 Å². The monoisotopic (exact) mass is 136 g/mol. The fourth-order valence-corrected chi connectivity index (χ4v) is 2.03. The summed E-state index contributed by atoms with van der Waals surface area (Å²) in [6.45, 7) is 4.39. The van der Waals surface area contributed by atoms with Crippen molar-refractivity contribution in [3.63, 3.8) is 0 Å². The molecular formula is C5H12S2. The Kier molecular flexibility index (Phi) is 7.37. The molecule has 0 spiro atoms.